The normalized spacial score (nSPS) is 24.7. The molecule has 0 radical (unpaired) electrons. The molecule has 1 saturated heterocycles. The fourth-order valence-corrected chi connectivity index (χ4v) is 2.30. The Hall–Kier alpha value is -2.64. The molecule has 28 heavy (non-hydrogen) atoms. The molecule has 1 aromatic rings. The minimum atomic E-state index is -1.42. The average molecular weight is 402 g/mol. The summed E-state index contributed by atoms with van der Waals surface area (Å²) in [4.78, 5) is 30.6. The summed E-state index contributed by atoms with van der Waals surface area (Å²) in [5.74, 6) is -3.57. The van der Waals surface area contributed by atoms with Crippen LogP contribution in [0.25, 0.3) is 0 Å². The number of carbonyl (C=O) groups excluding carboxylic acids is 1. The van der Waals surface area contributed by atoms with E-state index in [4.69, 9.17) is 25.8 Å². The zero-order valence-electron chi connectivity index (χ0n) is 14.6. The molecule has 2 rings (SSSR count). The third-order valence-electron chi connectivity index (χ3n) is 3.85. The molecule has 0 aliphatic carbocycles. The van der Waals surface area contributed by atoms with Gasteiger partial charge in [-0.05, 0) is 12.5 Å². The Morgan fingerprint density at radius 3 is 2.36 bits per heavy atom. The summed E-state index contributed by atoms with van der Waals surface area (Å²) in [5, 5.41) is 55.2. The summed E-state index contributed by atoms with van der Waals surface area (Å²) in [6.07, 6.45) is -1.75. The smallest absolute Gasteiger partial charge is 0.341 e. The summed E-state index contributed by atoms with van der Waals surface area (Å²) in [5.41, 5.74) is 4.98. The number of nitrogens with zero attached hydrogens (tertiary/aromatic N) is 1. The number of aromatic carboxylic acids is 1. The zero-order valence-corrected chi connectivity index (χ0v) is 14.6. The number of rotatable bonds is 7. The van der Waals surface area contributed by atoms with Gasteiger partial charge in [0.25, 0.3) is 6.23 Å². The number of hydrogen-bond acceptors (Lipinski definition) is 9. The monoisotopic (exact) mass is 402 g/mol. The van der Waals surface area contributed by atoms with Gasteiger partial charge < -0.3 is 45.9 Å². The van der Waals surface area contributed by atoms with Gasteiger partial charge in [-0.1, -0.05) is 0 Å². The van der Waals surface area contributed by atoms with Crippen molar-refractivity contribution in [1.29, 1.82) is 0 Å². The Labute approximate surface area is 159 Å². The zero-order chi connectivity index (χ0) is 21.4. The Morgan fingerprint density at radius 2 is 1.89 bits per heavy atom. The molecule has 12 heteroatoms. The minimum absolute atomic E-state index is 0.0373. The van der Waals surface area contributed by atoms with E-state index in [1.54, 1.807) is 0 Å². The summed E-state index contributed by atoms with van der Waals surface area (Å²) in [6.45, 7) is -0.423. The van der Waals surface area contributed by atoms with Gasteiger partial charge in [0.05, 0.1) is 12.6 Å². The van der Waals surface area contributed by atoms with Crippen molar-refractivity contribution in [3.8, 4) is 0 Å². The van der Waals surface area contributed by atoms with E-state index in [0.717, 1.165) is 0 Å². The van der Waals surface area contributed by atoms with Crippen LogP contribution in [0.15, 0.2) is 24.5 Å². The maximum Gasteiger partial charge on any atom is 0.341 e. The van der Waals surface area contributed by atoms with Gasteiger partial charge >= 0.3 is 11.9 Å². The van der Waals surface area contributed by atoms with Gasteiger partial charge in [-0.25, -0.2) is 4.79 Å². The highest BCUT2D eigenvalue weighted by Crippen LogP contribution is 2.25. The van der Waals surface area contributed by atoms with Gasteiger partial charge in [0, 0.05) is 18.5 Å². The lowest BCUT2D eigenvalue weighted by molar-refractivity contribution is -0.765. The SMILES string of the molecule is N[C@@H](CCC(=O)O)C(=O)[O-].O=C(O)c1ccc[n+]([C@@H]2O[C@H](CO)[C@@H](O)[C@H]2O)c1. The number of nitrogens with two attached hydrogens (primary N) is 1. The molecular formula is C16H22N2O10. The van der Waals surface area contributed by atoms with E-state index >= 15 is 0 Å². The Kier molecular flexibility index (Phi) is 8.88. The van der Waals surface area contributed by atoms with E-state index in [1.807, 2.05) is 0 Å². The lowest BCUT2D eigenvalue weighted by atomic mass is 10.1. The molecule has 1 aromatic heterocycles. The van der Waals surface area contributed by atoms with Gasteiger partial charge in [0.1, 0.15) is 17.8 Å². The number of aliphatic hydroxyl groups is 3. The molecule has 12 nitrogen and oxygen atoms in total. The third-order valence-corrected chi connectivity index (χ3v) is 3.85. The Morgan fingerprint density at radius 1 is 1.25 bits per heavy atom. The van der Waals surface area contributed by atoms with Crippen LogP contribution in [0, 0.1) is 0 Å². The second-order valence-electron chi connectivity index (χ2n) is 5.93. The molecule has 0 spiro atoms. The van der Waals surface area contributed by atoms with E-state index in [2.05, 4.69) is 0 Å². The number of carboxylic acids is 3. The van der Waals surface area contributed by atoms with Crippen LogP contribution in [-0.2, 0) is 14.3 Å². The predicted molar refractivity (Wildman–Crippen MR) is 86.5 cm³/mol. The van der Waals surface area contributed by atoms with Gasteiger partial charge in [0.15, 0.2) is 18.5 Å². The van der Waals surface area contributed by atoms with Crippen LogP contribution >= 0.6 is 0 Å². The van der Waals surface area contributed by atoms with E-state index in [0.29, 0.717) is 0 Å². The van der Waals surface area contributed by atoms with E-state index in [1.165, 1.54) is 29.1 Å². The Bertz CT molecular complexity index is 698. The minimum Gasteiger partial charge on any atom is -0.548 e. The van der Waals surface area contributed by atoms with Crippen LogP contribution in [0.3, 0.4) is 0 Å². The molecule has 0 bridgehead atoms. The van der Waals surface area contributed by atoms with Crippen molar-refractivity contribution in [3.05, 3.63) is 30.1 Å². The number of pyridine rings is 1. The topological polar surface area (TPSA) is 215 Å². The second kappa shape index (κ2) is 10.6. The fourth-order valence-electron chi connectivity index (χ4n) is 2.30. The van der Waals surface area contributed by atoms with E-state index in [9.17, 15) is 29.7 Å². The molecule has 0 saturated carbocycles. The third kappa shape index (κ3) is 6.51. The molecule has 1 aliphatic heterocycles. The molecule has 5 atom stereocenters. The molecular weight excluding hydrogens is 380 g/mol. The molecule has 2 heterocycles. The number of carboxylic acid groups (broad SMARTS) is 3. The van der Waals surface area contributed by atoms with Crippen molar-refractivity contribution >= 4 is 17.9 Å². The lowest BCUT2D eigenvalue weighted by Crippen LogP contribution is -2.46. The standard InChI is InChI=1S/C11H13NO6.C5H9NO4/c13-5-7-8(14)9(15)10(18-7)12-3-1-2-6(4-12)11(16)17;6-3(5(9)10)1-2-4(7)8/h1-4,7-10,13-15H,5H2;3H,1-2,6H2,(H,7,8)(H,9,10)/t7-,8-,9-,10-;3-/m10/s1. The van der Waals surface area contributed by atoms with Crippen molar-refractivity contribution in [3.63, 3.8) is 0 Å². The first-order valence-corrected chi connectivity index (χ1v) is 8.13. The molecule has 156 valence electrons. The largest absolute Gasteiger partial charge is 0.548 e. The molecule has 7 N–H and O–H groups in total. The second-order valence-corrected chi connectivity index (χ2v) is 5.93. The number of aromatic nitrogens is 1. The van der Waals surface area contributed by atoms with Crippen LogP contribution < -0.4 is 15.4 Å². The summed E-state index contributed by atoms with van der Waals surface area (Å²) in [7, 11) is 0. The van der Waals surface area contributed by atoms with E-state index < -0.39 is 55.1 Å². The molecule has 1 aliphatic rings. The van der Waals surface area contributed by atoms with Gasteiger partial charge in [0.2, 0.25) is 0 Å². The quantitative estimate of drug-likeness (QED) is 0.243. The van der Waals surface area contributed by atoms with Crippen molar-refractivity contribution in [2.45, 2.75) is 43.4 Å². The van der Waals surface area contributed by atoms with Crippen molar-refractivity contribution in [2.75, 3.05) is 6.61 Å². The van der Waals surface area contributed by atoms with Gasteiger partial charge in [-0.2, -0.15) is 4.57 Å². The van der Waals surface area contributed by atoms with Gasteiger partial charge in [-0.15, -0.1) is 0 Å². The van der Waals surface area contributed by atoms with Crippen LogP contribution in [0.4, 0.5) is 0 Å². The van der Waals surface area contributed by atoms with Crippen LogP contribution in [0.1, 0.15) is 29.4 Å². The maximum atomic E-state index is 10.8. The predicted octanol–water partition coefficient (Wildman–Crippen LogP) is -3.79. The average Bonchev–Trinajstić information content (AvgIpc) is 2.94. The summed E-state index contributed by atoms with van der Waals surface area (Å²) >= 11 is 0. The number of carbonyl (C=O) groups is 3. The molecule has 0 unspecified atom stereocenters. The maximum absolute atomic E-state index is 10.8. The number of aliphatic carboxylic acids is 2. The van der Waals surface area contributed by atoms with Crippen LogP contribution in [-0.4, -0.2) is 74.4 Å². The van der Waals surface area contributed by atoms with Gasteiger partial charge in [-0.3, -0.25) is 4.79 Å². The molecule has 0 amide bonds. The van der Waals surface area contributed by atoms with Crippen LogP contribution in [0.2, 0.25) is 0 Å². The summed E-state index contributed by atoms with van der Waals surface area (Å²) < 4.78 is 6.63. The highest BCUT2D eigenvalue weighted by molar-refractivity contribution is 5.86. The molecule has 1 fully saturated rings. The lowest BCUT2D eigenvalue weighted by Gasteiger charge is -2.09. The van der Waals surface area contributed by atoms with Crippen molar-refractivity contribution < 1.29 is 54.3 Å². The summed E-state index contributed by atoms with van der Waals surface area (Å²) in [6, 6.07) is 1.73. The first-order valence-electron chi connectivity index (χ1n) is 8.13. The fraction of sp³-hybridized carbons (Fsp3) is 0.500. The highest BCUT2D eigenvalue weighted by Gasteiger charge is 2.47. The van der Waals surface area contributed by atoms with Crippen LogP contribution in [0.5, 0.6) is 0 Å². The number of aliphatic hydroxyl groups excluding tert-OH is 3. The van der Waals surface area contributed by atoms with Crippen molar-refractivity contribution in [1.82, 2.24) is 0 Å². The first kappa shape index (κ1) is 23.4. The number of hydrogen-bond donors (Lipinski definition) is 6. The van der Waals surface area contributed by atoms with E-state index in [-0.39, 0.29) is 18.4 Å². The first-order chi connectivity index (χ1) is 13.1. The number of ether oxygens (including phenoxy) is 1. The van der Waals surface area contributed by atoms with Crippen molar-refractivity contribution in [2.24, 2.45) is 5.73 Å². The molecule has 0 aromatic carbocycles. The Balaban J connectivity index is 0.000000336. The highest BCUT2D eigenvalue weighted by atomic mass is 16.6.